The van der Waals surface area contributed by atoms with E-state index < -0.39 is 0 Å². The molecular formula is C25H31NO. The van der Waals surface area contributed by atoms with Crippen molar-refractivity contribution in [2.75, 3.05) is 6.54 Å². The van der Waals surface area contributed by atoms with E-state index in [0.717, 1.165) is 5.56 Å². The summed E-state index contributed by atoms with van der Waals surface area (Å²) in [5.41, 5.74) is 10.0. The highest BCUT2D eigenvalue weighted by Gasteiger charge is 2.01. The van der Waals surface area contributed by atoms with E-state index in [-0.39, 0.29) is 5.78 Å². The molecule has 0 aliphatic heterocycles. The highest BCUT2D eigenvalue weighted by Crippen LogP contribution is 2.17. The minimum Gasteiger partial charge on any atom is -0.390 e. The van der Waals surface area contributed by atoms with Gasteiger partial charge in [-0.05, 0) is 104 Å². The molecule has 0 aromatic heterocycles. The van der Waals surface area contributed by atoms with Crippen LogP contribution in [0.1, 0.15) is 50.9 Å². The lowest BCUT2D eigenvalue weighted by Crippen LogP contribution is -2.10. The number of aryl methyl sites for hydroxylation is 4. The topological polar surface area (TPSA) is 29.1 Å². The Balaban J connectivity index is 1.82. The van der Waals surface area contributed by atoms with E-state index in [2.05, 4.69) is 77.2 Å². The minimum absolute atomic E-state index is 0.133. The molecule has 0 spiro atoms. The molecule has 0 bridgehead atoms. The normalized spacial score (nSPS) is 11.5. The van der Waals surface area contributed by atoms with Crippen LogP contribution < -0.4 is 5.32 Å². The summed E-state index contributed by atoms with van der Waals surface area (Å²) in [6.45, 7) is 13.4. The zero-order valence-corrected chi connectivity index (χ0v) is 17.4. The van der Waals surface area contributed by atoms with Crippen LogP contribution in [0.3, 0.4) is 0 Å². The standard InChI is InChI=1S/C25H31NO/c1-17-13-23(14-18(2)21(17)5)7-8-25(27)10-12-26-11-9-24-15-19(3)22(6)20(4)16-24/h7-9,11,13-16,26H,10,12H2,1-6H3/b8-7+,11-9+. The first-order valence-corrected chi connectivity index (χ1v) is 9.54. The van der Waals surface area contributed by atoms with Gasteiger partial charge in [0, 0.05) is 13.0 Å². The van der Waals surface area contributed by atoms with Gasteiger partial charge < -0.3 is 5.32 Å². The first-order chi connectivity index (χ1) is 12.8. The van der Waals surface area contributed by atoms with E-state index in [1.807, 2.05) is 12.3 Å². The Hall–Kier alpha value is -2.61. The first kappa shape index (κ1) is 20.7. The van der Waals surface area contributed by atoms with E-state index >= 15 is 0 Å². The van der Waals surface area contributed by atoms with Gasteiger partial charge in [-0.25, -0.2) is 0 Å². The number of nitrogens with one attached hydrogen (secondary N) is 1. The number of hydrogen-bond acceptors (Lipinski definition) is 2. The SMILES string of the molecule is Cc1cc(/C=C/NCCC(=O)/C=C/c2cc(C)c(C)c(C)c2)cc(C)c1C. The molecule has 0 aliphatic rings. The Kier molecular flexibility index (Phi) is 7.18. The Morgan fingerprint density at radius 1 is 0.778 bits per heavy atom. The van der Waals surface area contributed by atoms with Crippen molar-refractivity contribution in [2.24, 2.45) is 0 Å². The van der Waals surface area contributed by atoms with Crippen molar-refractivity contribution in [1.29, 1.82) is 0 Å². The summed E-state index contributed by atoms with van der Waals surface area (Å²) < 4.78 is 0. The predicted octanol–water partition coefficient (Wildman–Crippen LogP) is 5.77. The summed E-state index contributed by atoms with van der Waals surface area (Å²) in [5, 5.41) is 3.21. The molecule has 2 aromatic rings. The molecule has 0 amide bonds. The van der Waals surface area contributed by atoms with Crippen molar-refractivity contribution in [1.82, 2.24) is 5.32 Å². The molecule has 27 heavy (non-hydrogen) atoms. The van der Waals surface area contributed by atoms with Crippen LogP contribution in [0.25, 0.3) is 12.2 Å². The van der Waals surface area contributed by atoms with Crippen LogP contribution in [0.2, 0.25) is 0 Å². The number of allylic oxidation sites excluding steroid dienone is 1. The lowest BCUT2D eigenvalue weighted by Gasteiger charge is -2.06. The molecule has 2 aromatic carbocycles. The molecule has 0 saturated carbocycles. The molecule has 0 radical (unpaired) electrons. The van der Waals surface area contributed by atoms with Gasteiger partial charge in [-0.1, -0.05) is 30.3 Å². The molecule has 0 heterocycles. The highest BCUT2D eigenvalue weighted by molar-refractivity contribution is 5.93. The van der Waals surface area contributed by atoms with Crippen molar-refractivity contribution in [3.05, 3.63) is 81.0 Å². The number of hydrogen-bond donors (Lipinski definition) is 1. The minimum atomic E-state index is 0.133. The summed E-state index contributed by atoms with van der Waals surface area (Å²) in [7, 11) is 0. The van der Waals surface area contributed by atoms with Gasteiger partial charge in [-0.3, -0.25) is 4.79 Å². The van der Waals surface area contributed by atoms with Crippen molar-refractivity contribution >= 4 is 17.9 Å². The molecule has 1 N–H and O–H groups in total. The molecule has 0 saturated heterocycles. The van der Waals surface area contributed by atoms with E-state index in [1.165, 1.54) is 38.9 Å². The second kappa shape index (κ2) is 9.36. The maximum Gasteiger partial charge on any atom is 0.157 e. The number of carbonyl (C=O) groups is 1. The van der Waals surface area contributed by atoms with Gasteiger partial charge in [0.2, 0.25) is 0 Å². The van der Waals surface area contributed by atoms with Crippen LogP contribution in [0.15, 0.2) is 36.5 Å². The Labute approximate surface area is 164 Å². The molecule has 0 unspecified atom stereocenters. The summed E-state index contributed by atoms with van der Waals surface area (Å²) >= 11 is 0. The molecule has 142 valence electrons. The quantitative estimate of drug-likeness (QED) is 0.501. The third kappa shape index (κ3) is 5.96. The smallest absolute Gasteiger partial charge is 0.157 e. The van der Waals surface area contributed by atoms with Gasteiger partial charge in [-0.15, -0.1) is 0 Å². The molecule has 0 atom stereocenters. The van der Waals surface area contributed by atoms with Gasteiger partial charge >= 0.3 is 0 Å². The summed E-state index contributed by atoms with van der Waals surface area (Å²) in [6, 6.07) is 8.61. The van der Waals surface area contributed by atoms with Crippen LogP contribution in [0, 0.1) is 41.5 Å². The van der Waals surface area contributed by atoms with Gasteiger partial charge in [0.15, 0.2) is 5.78 Å². The lowest BCUT2D eigenvalue weighted by atomic mass is 10.0. The van der Waals surface area contributed by atoms with Gasteiger partial charge in [0.25, 0.3) is 0 Å². The largest absolute Gasteiger partial charge is 0.390 e. The fourth-order valence-electron chi connectivity index (χ4n) is 3.04. The lowest BCUT2D eigenvalue weighted by molar-refractivity contribution is -0.114. The maximum atomic E-state index is 12.1. The van der Waals surface area contributed by atoms with Crippen LogP contribution in [0.4, 0.5) is 0 Å². The van der Waals surface area contributed by atoms with Crippen LogP contribution in [-0.4, -0.2) is 12.3 Å². The Morgan fingerprint density at radius 2 is 1.22 bits per heavy atom. The number of carbonyl (C=O) groups excluding carboxylic acids is 1. The molecule has 0 aliphatic carbocycles. The van der Waals surface area contributed by atoms with Crippen molar-refractivity contribution in [3.63, 3.8) is 0 Å². The van der Waals surface area contributed by atoms with E-state index in [0.29, 0.717) is 13.0 Å². The maximum absolute atomic E-state index is 12.1. The third-order valence-corrected chi connectivity index (χ3v) is 5.27. The summed E-state index contributed by atoms with van der Waals surface area (Å²) in [5.74, 6) is 0.133. The van der Waals surface area contributed by atoms with Crippen molar-refractivity contribution in [3.8, 4) is 0 Å². The number of benzene rings is 2. The Bertz CT molecular complexity index is 841. The predicted molar refractivity (Wildman–Crippen MR) is 117 cm³/mol. The van der Waals surface area contributed by atoms with Gasteiger partial charge in [0.05, 0.1) is 0 Å². The fraction of sp³-hybridized carbons (Fsp3) is 0.320. The van der Waals surface area contributed by atoms with Crippen molar-refractivity contribution in [2.45, 2.75) is 48.0 Å². The van der Waals surface area contributed by atoms with Crippen LogP contribution in [0.5, 0.6) is 0 Å². The zero-order valence-electron chi connectivity index (χ0n) is 17.4. The molecule has 2 heteroatoms. The Morgan fingerprint density at radius 3 is 1.70 bits per heavy atom. The summed E-state index contributed by atoms with van der Waals surface area (Å²) in [4.78, 5) is 12.1. The van der Waals surface area contributed by atoms with Crippen LogP contribution in [-0.2, 0) is 4.79 Å². The fourth-order valence-corrected chi connectivity index (χ4v) is 3.04. The molecule has 2 nitrogen and oxygen atoms in total. The molecular weight excluding hydrogens is 330 g/mol. The summed E-state index contributed by atoms with van der Waals surface area (Å²) in [6.07, 6.45) is 8.05. The van der Waals surface area contributed by atoms with E-state index in [1.54, 1.807) is 6.08 Å². The third-order valence-electron chi connectivity index (χ3n) is 5.27. The van der Waals surface area contributed by atoms with Gasteiger partial charge in [0.1, 0.15) is 0 Å². The first-order valence-electron chi connectivity index (χ1n) is 9.54. The van der Waals surface area contributed by atoms with Crippen LogP contribution >= 0.6 is 0 Å². The van der Waals surface area contributed by atoms with Gasteiger partial charge in [-0.2, -0.15) is 0 Å². The van der Waals surface area contributed by atoms with E-state index in [4.69, 9.17) is 0 Å². The molecule has 2 rings (SSSR count). The average Bonchev–Trinajstić information content (AvgIpc) is 2.61. The number of rotatable bonds is 7. The van der Waals surface area contributed by atoms with E-state index in [9.17, 15) is 4.79 Å². The zero-order chi connectivity index (χ0) is 20.0. The number of ketones is 1. The monoisotopic (exact) mass is 361 g/mol. The average molecular weight is 362 g/mol. The molecule has 0 fully saturated rings. The second-order valence-corrected chi connectivity index (χ2v) is 7.40. The highest BCUT2D eigenvalue weighted by atomic mass is 16.1. The second-order valence-electron chi connectivity index (χ2n) is 7.40. The van der Waals surface area contributed by atoms with Crippen molar-refractivity contribution < 1.29 is 4.79 Å².